The van der Waals surface area contributed by atoms with E-state index < -0.39 is 11.6 Å². The minimum absolute atomic E-state index is 0.0577. The number of benzene rings is 1. The van der Waals surface area contributed by atoms with Crippen LogP contribution in [0.1, 0.15) is 43.4 Å². The summed E-state index contributed by atoms with van der Waals surface area (Å²) in [6.45, 7) is 8.50. The number of fused-ring (bicyclic) bond motifs is 1. The molecular weight excluding hydrogens is 296 g/mol. The fourth-order valence-corrected chi connectivity index (χ4v) is 2.77. The van der Waals surface area contributed by atoms with Crippen molar-refractivity contribution >= 4 is 0 Å². The third-order valence-electron chi connectivity index (χ3n) is 4.07. The van der Waals surface area contributed by atoms with Gasteiger partial charge in [0.25, 0.3) is 0 Å². The molecule has 0 fully saturated rings. The van der Waals surface area contributed by atoms with Gasteiger partial charge in [-0.2, -0.15) is 0 Å². The molecule has 0 aliphatic carbocycles. The number of nitrogens with zero attached hydrogens (tertiary/aromatic N) is 3. The number of hydrogen-bond donors (Lipinski definition) is 0. The SMILES string of the molecule is CC(C)(C)c1ncc2c(n1)CCN(Cc1ccc(F)c(F)c1)C2. The van der Waals surface area contributed by atoms with Crippen LogP contribution in [-0.2, 0) is 24.9 Å². The Bertz CT molecular complexity index is 723. The average molecular weight is 317 g/mol. The molecule has 0 radical (unpaired) electrons. The Morgan fingerprint density at radius 3 is 2.65 bits per heavy atom. The molecule has 2 aromatic rings. The van der Waals surface area contributed by atoms with Crippen molar-refractivity contribution in [3.8, 4) is 0 Å². The minimum atomic E-state index is -0.805. The molecular formula is C18H21F2N3. The summed E-state index contributed by atoms with van der Waals surface area (Å²) < 4.78 is 26.3. The molecule has 0 N–H and O–H groups in total. The fraction of sp³-hybridized carbons (Fsp3) is 0.444. The molecule has 5 heteroatoms. The molecule has 23 heavy (non-hydrogen) atoms. The summed E-state index contributed by atoms with van der Waals surface area (Å²) in [5.41, 5.74) is 2.94. The first-order valence-electron chi connectivity index (χ1n) is 7.84. The Hall–Kier alpha value is -1.88. The van der Waals surface area contributed by atoms with E-state index in [1.807, 2.05) is 6.20 Å². The normalized spacial score (nSPS) is 15.5. The molecule has 0 spiro atoms. The van der Waals surface area contributed by atoms with E-state index in [0.29, 0.717) is 6.54 Å². The van der Waals surface area contributed by atoms with Crippen LogP contribution in [-0.4, -0.2) is 21.4 Å². The summed E-state index contributed by atoms with van der Waals surface area (Å²) in [7, 11) is 0. The Balaban J connectivity index is 1.74. The van der Waals surface area contributed by atoms with E-state index in [9.17, 15) is 8.78 Å². The second-order valence-corrected chi connectivity index (χ2v) is 7.12. The molecule has 1 aromatic carbocycles. The first-order valence-corrected chi connectivity index (χ1v) is 7.84. The predicted octanol–water partition coefficient (Wildman–Crippen LogP) is 3.61. The topological polar surface area (TPSA) is 29.0 Å². The highest BCUT2D eigenvalue weighted by molar-refractivity contribution is 5.23. The molecule has 0 saturated heterocycles. The lowest BCUT2D eigenvalue weighted by Gasteiger charge is -2.29. The first kappa shape index (κ1) is 16.0. The predicted molar refractivity (Wildman–Crippen MR) is 84.9 cm³/mol. The molecule has 122 valence electrons. The number of rotatable bonds is 2. The number of hydrogen-bond acceptors (Lipinski definition) is 3. The van der Waals surface area contributed by atoms with Crippen LogP contribution in [0.2, 0.25) is 0 Å². The van der Waals surface area contributed by atoms with Gasteiger partial charge in [0.15, 0.2) is 11.6 Å². The summed E-state index contributed by atoms with van der Waals surface area (Å²) in [6, 6.07) is 4.08. The first-order chi connectivity index (χ1) is 10.8. The van der Waals surface area contributed by atoms with Crippen molar-refractivity contribution < 1.29 is 8.78 Å². The maximum Gasteiger partial charge on any atom is 0.159 e. The van der Waals surface area contributed by atoms with Crippen LogP contribution >= 0.6 is 0 Å². The molecule has 1 aliphatic rings. The number of halogens is 2. The molecule has 1 aromatic heterocycles. The van der Waals surface area contributed by atoms with Crippen LogP contribution in [0.5, 0.6) is 0 Å². The van der Waals surface area contributed by atoms with Crippen molar-refractivity contribution in [3.05, 3.63) is 58.7 Å². The molecule has 0 saturated carbocycles. The summed E-state index contributed by atoms with van der Waals surface area (Å²) >= 11 is 0. The van der Waals surface area contributed by atoms with Gasteiger partial charge in [-0.25, -0.2) is 18.7 Å². The second kappa shape index (κ2) is 5.96. The monoisotopic (exact) mass is 317 g/mol. The van der Waals surface area contributed by atoms with Crippen LogP contribution in [0.15, 0.2) is 24.4 Å². The van der Waals surface area contributed by atoms with Crippen LogP contribution < -0.4 is 0 Å². The lowest BCUT2D eigenvalue weighted by molar-refractivity contribution is 0.241. The lowest BCUT2D eigenvalue weighted by Crippen LogP contribution is -2.32. The van der Waals surface area contributed by atoms with Gasteiger partial charge in [-0.3, -0.25) is 4.90 Å². The number of aromatic nitrogens is 2. The highest BCUT2D eigenvalue weighted by Gasteiger charge is 2.23. The Morgan fingerprint density at radius 1 is 1.17 bits per heavy atom. The van der Waals surface area contributed by atoms with Crippen molar-refractivity contribution in [2.45, 2.75) is 45.7 Å². The van der Waals surface area contributed by atoms with Crippen molar-refractivity contribution in [3.63, 3.8) is 0 Å². The van der Waals surface area contributed by atoms with Crippen LogP contribution in [0.25, 0.3) is 0 Å². The Labute approximate surface area is 135 Å². The summed E-state index contributed by atoms with van der Waals surface area (Å²) in [5, 5.41) is 0. The highest BCUT2D eigenvalue weighted by atomic mass is 19.2. The minimum Gasteiger partial charge on any atom is -0.294 e. The fourth-order valence-electron chi connectivity index (χ4n) is 2.77. The van der Waals surface area contributed by atoms with Crippen molar-refractivity contribution in [1.82, 2.24) is 14.9 Å². The molecule has 2 heterocycles. The maximum atomic E-state index is 13.3. The van der Waals surface area contributed by atoms with E-state index in [1.165, 1.54) is 12.1 Å². The molecule has 3 rings (SSSR count). The third-order valence-corrected chi connectivity index (χ3v) is 4.07. The van der Waals surface area contributed by atoms with Gasteiger partial charge < -0.3 is 0 Å². The van der Waals surface area contributed by atoms with Gasteiger partial charge in [-0.05, 0) is 17.7 Å². The Morgan fingerprint density at radius 2 is 1.96 bits per heavy atom. The van der Waals surface area contributed by atoms with Gasteiger partial charge >= 0.3 is 0 Å². The van der Waals surface area contributed by atoms with E-state index in [-0.39, 0.29) is 5.41 Å². The molecule has 0 amide bonds. The largest absolute Gasteiger partial charge is 0.294 e. The molecule has 0 atom stereocenters. The zero-order chi connectivity index (χ0) is 16.6. The van der Waals surface area contributed by atoms with Crippen molar-refractivity contribution in [2.24, 2.45) is 0 Å². The van der Waals surface area contributed by atoms with E-state index in [1.54, 1.807) is 6.07 Å². The third kappa shape index (κ3) is 3.55. The summed E-state index contributed by atoms with van der Waals surface area (Å²) in [5.74, 6) is -0.732. The van der Waals surface area contributed by atoms with Gasteiger partial charge in [-0.15, -0.1) is 0 Å². The smallest absolute Gasteiger partial charge is 0.159 e. The quantitative estimate of drug-likeness (QED) is 0.847. The molecule has 0 bridgehead atoms. The van der Waals surface area contributed by atoms with E-state index >= 15 is 0 Å². The van der Waals surface area contributed by atoms with E-state index in [4.69, 9.17) is 4.98 Å². The van der Waals surface area contributed by atoms with Gasteiger partial charge in [0.05, 0.1) is 0 Å². The van der Waals surface area contributed by atoms with Crippen molar-refractivity contribution in [1.29, 1.82) is 0 Å². The van der Waals surface area contributed by atoms with Crippen LogP contribution in [0.3, 0.4) is 0 Å². The van der Waals surface area contributed by atoms with Crippen molar-refractivity contribution in [2.75, 3.05) is 6.54 Å². The van der Waals surface area contributed by atoms with Gasteiger partial charge in [0.2, 0.25) is 0 Å². The average Bonchev–Trinajstić information content (AvgIpc) is 2.49. The van der Waals surface area contributed by atoms with Gasteiger partial charge in [-0.1, -0.05) is 26.8 Å². The van der Waals surface area contributed by atoms with E-state index in [2.05, 4.69) is 30.7 Å². The van der Waals surface area contributed by atoms with Crippen LogP contribution in [0.4, 0.5) is 8.78 Å². The highest BCUT2D eigenvalue weighted by Crippen LogP contribution is 2.23. The maximum absolute atomic E-state index is 13.3. The zero-order valence-corrected chi connectivity index (χ0v) is 13.7. The van der Waals surface area contributed by atoms with Crippen LogP contribution in [0, 0.1) is 11.6 Å². The second-order valence-electron chi connectivity index (χ2n) is 7.12. The van der Waals surface area contributed by atoms with E-state index in [0.717, 1.165) is 42.2 Å². The molecule has 3 nitrogen and oxygen atoms in total. The van der Waals surface area contributed by atoms with Gasteiger partial charge in [0.1, 0.15) is 5.82 Å². The zero-order valence-electron chi connectivity index (χ0n) is 13.7. The lowest BCUT2D eigenvalue weighted by atomic mass is 9.95. The summed E-state index contributed by atoms with van der Waals surface area (Å²) in [4.78, 5) is 11.4. The van der Waals surface area contributed by atoms with Gasteiger partial charge in [0, 0.05) is 48.9 Å². The summed E-state index contributed by atoms with van der Waals surface area (Å²) in [6.07, 6.45) is 2.75. The Kier molecular flexibility index (Phi) is 4.15. The molecule has 1 aliphatic heterocycles. The molecule has 0 unspecified atom stereocenters. The standard InChI is InChI=1S/C18H21F2N3/c1-18(2,3)17-21-9-13-11-23(7-6-16(13)22-17)10-12-4-5-14(19)15(20)8-12/h4-5,8-9H,6-7,10-11H2,1-3H3.